The Morgan fingerprint density at radius 2 is 1.87 bits per heavy atom. The molecule has 0 aromatic carbocycles. The molecule has 1 amide bonds. The average Bonchev–Trinajstić information content (AvgIpc) is 2.01. The lowest BCUT2D eigenvalue weighted by Gasteiger charge is -2.30. The van der Waals surface area contributed by atoms with E-state index in [0.29, 0.717) is 18.4 Å². The van der Waals surface area contributed by atoms with Gasteiger partial charge in [-0.05, 0) is 39.0 Å². The van der Waals surface area contributed by atoms with E-state index in [-0.39, 0.29) is 11.6 Å². The van der Waals surface area contributed by atoms with E-state index in [2.05, 4.69) is 26.1 Å². The third-order valence-corrected chi connectivity index (χ3v) is 2.69. The van der Waals surface area contributed by atoms with E-state index >= 15 is 0 Å². The van der Waals surface area contributed by atoms with Crippen LogP contribution >= 0.6 is 0 Å². The Kier molecular flexibility index (Phi) is 5.69. The fraction of sp³-hybridized carbons (Fsp3) is 0.917. The van der Waals surface area contributed by atoms with Gasteiger partial charge in [-0.1, -0.05) is 20.8 Å². The summed E-state index contributed by atoms with van der Waals surface area (Å²) in [6.45, 7) is 12.9. The van der Waals surface area contributed by atoms with Crippen molar-refractivity contribution in [1.82, 2.24) is 5.32 Å². The van der Waals surface area contributed by atoms with Crippen LogP contribution in [0.3, 0.4) is 0 Å². The van der Waals surface area contributed by atoms with E-state index in [9.17, 15) is 4.79 Å². The molecule has 0 radical (unpaired) electrons. The van der Waals surface area contributed by atoms with Gasteiger partial charge < -0.3 is 10.1 Å². The highest BCUT2D eigenvalue weighted by Crippen LogP contribution is 2.22. The highest BCUT2D eigenvalue weighted by Gasteiger charge is 2.24. The first-order valence-corrected chi connectivity index (χ1v) is 5.73. The molecule has 0 saturated heterocycles. The van der Waals surface area contributed by atoms with Gasteiger partial charge >= 0.3 is 6.09 Å². The van der Waals surface area contributed by atoms with Crippen LogP contribution in [-0.4, -0.2) is 18.2 Å². The maximum Gasteiger partial charge on any atom is 0.407 e. The normalized spacial score (nSPS) is 13.8. The molecule has 1 N–H and O–H groups in total. The molecule has 0 aliphatic carbocycles. The van der Waals surface area contributed by atoms with Crippen molar-refractivity contribution in [3.8, 4) is 0 Å². The monoisotopic (exact) mass is 215 g/mol. The average molecular weight is 215 g/mol. The Bertz CT molecular complexity index is 200. The van der Waals surface area contributed by atoms with Crippen molar-refractivity contribution in [3.63, 3.8) is 0 Å². The second-order valence-corrected chi connectivity index (χ2v) is 5.15. The maximum atomic E-state index is 11.3. The molecule has 3 heteroatoms. The summed E-state index contributed by atoms with van der Waals surface area (Å²) in [5.41, 5.74) is -0.198. The zero-order valence-corrected chi connectivity index (χ0v) is 10.9. The van der Waals surface area contributed by atoms with Gasteiger partial charge in [0.2, 0.25) is 0 Å². The molecule has 3 nitrogen and oxygen atoms in total. The minimum atomic E-state index is -0.321. The summed E-state index contributed by atoms with van der Waals surface area (Å²) in [4.78, 5) is 11.3. The minimum Gasteiger partial charge on any atom is -0.450 e. The third-order valence-electron chi connectivity index (χ3n) is 2.69. The molecule has 0 aliphatic rings. The van der Waals surface area contributed by atoms with Gasteiger partial charge in [-0.2, -0.15) is 0 Å². The second-order valence-electron chi connectivity index (χ2n) is 5.15. The number of amides is 1. The van der Waals surface area contributed by atoms with Gasteiger partial charge in [0, 0.05) is 5.54 Å². The maximum absolute atomic E-state index is 11.3. The molecule has 1 atom stereocenters. The summed E-state index contributed by atoms with van der Waals surface area (Å²) in [5, 5.41) is 2.88. The molecular formula is C12H25NO2. The summed E-state index contributed by atoms with van der Waals surface area (Å²) in [6.07, 6.45) is 0.641. The topological polar surface area (TPSA) is 38.3 Å². The number of hydrogen-bond donors (Lipinski definition) is 1. The van der Waals surface area contributed by atoms with Gasteiger partial charge in [0.05, 0.1) is 6.61 Å². The van der Waals surface area contributed by atoms with Gasteiger partial charge in [-0.25, -0.2) is 4.79 Å². The third kappa shape index (κ3) is 6.37. The molecule has 1 unspecified atom stereocenters. The van der Waals surface area contributed by atoms with Crippen molar-refractivity contribution in [1.29, 1.82) is 0 Å². The predicted molar refractivity (Wildman–Crippen MR) is 62.9 cm³/mol. The number of nitrogens with one attached hydrogen (secondary N) is 1. The van der Waals surface area contributed by atoms with Crippen LogP contribution in [0.4, 0.5) is 4.79 Å². The zero-order valence-electron chi connectivity index (χ0n) is 10.9. The zero-order chi connectivity index (χ0) is 12.1. The van der Waals surface area contributed by atoms with E-state index < -0.39 is 0 Å². The van der Waals surface area contributed by atoms with Gasteiger partial charge in [0.1, 0.15) is 0 Å². The van der Waals surface area contributed by atoms with E-state index in [0.717, 1.165) is 6.42 Å². The Hall–Kier alpha value is -0.730. The largest absolute Gasteiger partial charge is 0.450 e. The molecule has 0 rings (SSSR count). The number of carbonyl (C=O) groups excluding carboxylic acids is 1. The van der Waals surface area contributed by atoms with Gasteiger partial charge in [0.25, 0.3) is 0 Å². The Balaban J connectivity index is 4.11. The summed E-state index contributed by atoms with van der Waals surface area (Å²) in [7, 11) is 0. The van der Waals surface area contributed by atoms with Gasteiger partial charge in [0.15, 0.2) is 0 Å². The lowest BCUT2D eigenvalue weighted by atomic mass is 9.85. The van der Waals surface area contributed by atoms with Crippen molar-refractivity contribution in [2.24, 2.45) is 11.8 Å². The molecule has 0 spiro atoms. The smallest absolute Gasteiger partial charge is 0.407 e. The number of carbonyl (C=O) groups is 1. The van der Waals surface area contributed by atoms with Crippen LogP contribution in [0.5, 0.6) is 0 Å². The quantitative estimate of drug-likeness (QED) is 0.765. The van der Waals surface area contributed by atoms with Gasteiger partial charge in [-0.15, -0.1) is 0 Å². The van der Waals surface area contributed by atoms with Crippen molar-refractivity contribution in [3.05, 3.63) is 0 Å². The van der Waals surface area contributed by atoms with Crippen LogP contribution < -0.4 is 5.32 Å². The fourth-order valence-corrected chi connectivity index (χ4v) is 1.54. The van der Waals surface area contributed by atoms with Crippen molar-refractivity contribution in [2.45, 2.75) is 53.5 Å². The summed E-state index contributed by atoms with van der Waals surface area (Å²) in [5.74, 6) is 1.22. The summed E-state index contributed by atoms with van der Waals surface area (Å²) >= 11 is 0. The van der Waals surface area contributed by atoms with E-state index in [4.69, 9.17) is 4.74 Å². The molecule has 0 aromatic rings. The van der Waals surface area contributed by atoms with Crippen molar-refractivity contribution in [2.75, 3.05) is 6.61 Å². The molecule has 0 bridgehead atoms. The number of rotatable bonds is 5. The highest BCUT2D eigenvalue weighted by atomic mass is 16.5. The van der Waals surface area contributed by atoms with Gasteiger partial charge in [-0.3, -0.25) is 0 Å². The number of ether oxygens (including phenoxy) is 1. The Morgan fingerprint density at radius 1 is 1.33 bits per heavy atom. The predicted octanol–water partition coefficient (Wildman–Crippen LogP) is 3.19. The Labute approximate surface area is 93.6 Å². The Morgan fingerprint density at radius 3 is 2.27 bits per heavy atom. The fourth-order valence-electron chi connectivity index (χ4n) is 1.54. The number of alkyl carbamates (subject to hydrolysis) is 1. The minimum absolute atomic E-state index is 0.198. The van der Waals surface area contributed by atoms with Crippen molar-refractivity contribution >= 4 is 6.09 Å². The molecule has 0 aromatic heterocycles. The van der Waals surface area contributed by atoms with Crippen LogP contribution in [0, 0.1) is 11.8 Å². The van der Waals surface area contributed by atoms with Crippen LogP contribution in [0.15, 0.2) is 0 Å². The molecule has 15 heavy (non-hydrogen) atoms. The second kappa shape index (κ2) is 5.99. The first kappa shape index (κ1) is 14.3. The number of hydrogen-bond acceptors (Lipinski definition) is 2. The first-order valence-electron chi connectivity index (χ1n) is 5.73. The summed E-state index contributed by atoms with van der Waals surface area (Å²) in [6, 6.07) is 0. The van der Waals surface area contributed by atoms with E-state index in [1.165, 1.54) is 0 Å². The standard InChI is InChI=1S/C12H25NO2/c1-7-15-11(14)13-12(5,6)8-10(4)9(2)3/h9-10H,7-8H2,1-6H3,(H,13,14). The molecule has 0 fully saturated rings. The van der Waals surface area contributed by atoms with Crippen LogP contribution in [0.1, 0.15) is 48.0 Å². The molecule has 0 saturated carbocycles. The van der Waals surface area contributed by atoms with E-state index in [1.54, 1.807) is 0 Å². The highest BCUT2D eigenvalue weighted by molar-refractivity contribution is 5.68. The lowest BCUT2D eigenvalue weighted by molar-refractivity contribution is 0.136. The van der Waals surface area contributed by atoms with Crippen LogP contribution in [-0.2, 0) is 4.74 Å². The lowest BCUT2D eigenvalue weighted by Crippen LogP contribution is -2.45. The molecule has 0 heterocycles. The molecule has 90 valence electrons. The van der Waals surface area contributed by atoms with Crippen molar-refractivity contribution < 1.29 is 9.53 Å². The SMILES string of the molecule is CCOC(=O)NC(C)(C)CC(C)C(C)C. The van der Waals surface area contributed by atoms with E-state index in [1.807, 2.05) is 20.8 Å². The molecular weight excluding hydrogens is 190 g/mol. The summed E-state index contributed by atoms with van der Waals surface area (Å²) < 4.78 is 4.87. The first-order chi connectivity index (χ1) is 6.78. The molecule has 0 aliphatic heterocycles. The van der Waals surface area contributed by atoms with Crippen LogP contribution in [0.2, 0.25) is 0 Å². The van der Waals surface area contributed by atoms with Crippen LogP contribution in [0.25, 0.3) is 0 Å².